The lowest BCUT2D eigenvalue weighted by molar-refractivity contribution is 0.246. The summed E-state index contributed by atoms with van der Waals surface area (Å²) in [6.45, 7) is 5.14. The van der Waals surface area contributed by atoms with Gasteiger partial charge in [-0.15, -0.1) is 0 Å². The minimum Gasteiger partial charge on any atom is -0.399 e. The van der Waals surface area contributed by atoms with Gasteiger partial charge in [-0.3, -0.25) is 0 Å². The quantitative estimate of drug-likeness (QED) is 0.698. The monoisotopic (exact) mass is 272 g/mol. The van der Waals surface area contributed by atoms with Gasteiger partial charge >= 0.3 is 0 Å². The van der Waals surface area contributed by atoms with E-state index in [4.69, 9.17) is 10.8 Å². The van der Waals surface area contributed by atoms with Gasteiger partial charge in [0.2, 0.25) is 10.0 Å². The minimum absolute atomic E-state index is 0.0731. The summed E-state index contributed by atoms with van der Waals surface area (Å²) in [7, 11) is -3.60. The van der Waals surface area contributed by atoms with Crippen molar-refractivity contribution in [3.8, 4) is 0 Å². The molecule has 0 heterocycles. The molecule has 5 nitrogen and oxygen atoms in total. The largest absolute Gasteiger partial charge is 0.399 e. The van der Waals surface area contributed by atoms with Crippen molar-refractivity contribution in [3.05, 3.63) is 23.8 Å². The number of aliphatic hydroxyl groups excluding tert-OH is 1. The molecule has 1 aromatic rings. The number of hydrogen-bond acceptors (Lipinski definition) is 4. The van der Waals surface area contributed by atoms with Crippen LogP contribution in [0.5, 0.6) is 0 Å². The van der Waals surface area contributed by atoms with Crippen LogP contribution in [-0.4, -0.2) is 25.7 Å². The average molecular weight is 272 g/mol. The van der Waals surface area contributed by atoms with Crippen LogP contribution in [0, 0.1) is 6.92 Å². The molecule has 18 heavy (non-hydrogen) atoms. The molecule has 0 atom stereocenters. The standard InChI is InChI=1S/C12H20N2O3S/c1-9-8-10(4-5-11(9)13)18(16,17)14-12(2,3)6-7-15/h4-5,8,14-15H,6-7,13H2,1-3H3. The average Bonchev–Trinajstić information content (AvgIpc) is 2.20. The molecule has 0 fully saturated rings. The predicted molar refractivity (Wildman–Crippen MR) is 71.7 cm³/mol. The molecule has 4 N–H and O–H groups in total. The van der Waals surface area contributed by atoms with Crippen LogP contribution in [0.2, 0.25) is 0 Å². The maximum atomic E-state index is 12.2. The molecule has 0 aromatic heterocycles. The third-order valence-electron chi connectivity index (χ3n) is 2.70. The van der Waals surface area contributed by atoms with Crippen LogP contribution < -0.4 is 10.5 Å². The molecule has 6 heteroatoms. The summed E-state index contributed by atoms with van der Waals surface area (Å²) < 4.78 is 26.9. The molecule has 0 bridgehead atoms. The number of aryl methyl sites for hydroxylation is 1. The van der Waals surface area contributed by atoms with Gasteiger partial charge in [0.15, 0.2) is 0 Å². The lowest BCUT2D eigenvalue weighted by atomic mass is 10.0. The second kappa shape index (κ2) is 5.26. The van der Waals surface area contributed by atoms with Crippen LogP contribution in [0.3, 0.4) is 0 Å². The first-order valence-corrected chi connectivity index (χ1v) is 7.17. The third-order valence-corrected chi connectivity index (χ3v) is 4.39. The summed E-state index contributed by atoms with van der Waals surface area (Å²) in [5.74, 6) is 0. The Hall–Kier alpha value is -1.11. The number of rotatable bonds is 5. The molecule has 0 saturated carbocycles. The fourth-order valence-electron chi connectivity index (χ4n) is 1.57. The molecule has 0 saturated heterocycles. The molecular weight excluding hydrogens is 252 g/mol. The van der Waals surface area contributed by atoms with Crippen LogP contribution in [0.25, 0.3) is 0 Å². The first-order valence-electron chi connectivity index (χ1n) is 5.69. The van der Waals surface area contributed by atoms with E-state index >= 15 is 0 Å². The Labute approximate surface area is 108 Å². The highest BCUT2D eigenvalue weighted by molar-refractivity contribution is 7.89. The Balaban J connectivity index is 3.03. The van der Waals surface area contributed by atoms with Crippen LogP contribution in [0.4, 0.5) is 5.69 Å². The maximum Gasteiger partial charge on any atom is 0.241 e. The van der Waals surface area contributed by atoms with Gasteiger partial charge in [-0.05, 0) is 51.0 Å². The molecule has 0 spiro atoms. The molecule has 1 aromatic carbocycles. The van der Waals surface area contributed by atoms with E-state index in [2.05, 4.69) is 4.72 Å². The van der Waals surface area contributed by atoms with Gasteiger partial charge < -0.3 is 10.8 Å². The topological polar surface area (TPSA) is 92.4 Å². The summed E-state index contributed by atoms with van der Waals surface area (Å²) in [6, 6.07) is 4.58. The molecule has 1 rings (SSSR count). The van der Waals surface area contributed by atoms with Gasteiger partial charge in [0.1, 0.15) is 0 Å². The Morgan fingerprint density at radius 1 is 1.39 bits per heavy atom. The normalized spacial score (nSPS) is 12.7. The SMILES string of the molecule is Cc1cc(S(=O)(=O)NC(C)(C)CCO)ccc1N. The lowest BCUT2D eigenvalue weighted by Gasteiger charge is -2.25. The fraction of sp³-hybridized carbons (Fsp3) is 0.500. The van der Waals surface area contributed by atoms with Crippen molar-refractivity contribution in [3.63, 3.8) is 0 Å². The van der Waals surface area contributed by atoms with Crippen molar-refractivity contribution >= 4 is 15.7 Å². The summed E-state index contributed by atoms with van der Waals surface area (Å²) in [6.07, 6.45) is 0.347. The Morgan fingerprint density at radius 2 is 2.00 bits per heavy atom. The number of hydrogen-bond donors (Lipinski definition) is 3. The zero-order chi connectivity index (χ0) is 14.0. The van der Waals surface area contributed by atoms with E-state index in [1.165, 1.54) is 12.1 Å². The van der Waals surface area contributed by atoms with Gasteiger partial charge in [0.05, 0.1) is 4.90 Å². The summed E-state index contributed by atoms with van der Waals surface area (Å²) >= 11 is 0. The lowest BCUT2D eigenvalue weighted by Crippen LogP contribution is -2.43. The molecule has 0 radical (unpaired) electrons. The number of nitrogens with two attached hydrogens (primary N) is 1. The molecule has 0 aliphatic rings. The van der Waals surface area contributed by atoms with Crippen LogP contribution in [0.15, 0.2) is 23.1 Å². The molecule has 0 unspecified atom stereocenters. The zero-order valence-corrected chi connectivity index (χ0v) is 11.7. The Kier molecular flexibility index (Phi) is 4.37. The van der Waals surface area contributed by atoms with Crippen molar-refractivity contribution in [1.82, 2.24) is 4.72 Å². The van der Waals surface area contributed by atoms with Crippen molar-refractivity contribution in [2.24, 2.45) is 0 Å². The van der Waals surface area contributed by atoms with E-state index in [-0.39, 0.29) is 11.5 Å². The first kappa shape index (κ1) is 14.9. The van der Waals surface area contributed by atoms with E-state index in [0.29, 0.717) is 12.1 Å². The van der Waals surface area contributed by atoms with Crippen molar-refractivity contribution < 1.29 is 13.5 Å². The van der Waals surface area contributed by atoms with Crippen molar-refractivity contribution in [2.75, 3.05) is 12.3 Å². The van der Waals surface area contributed by atoms with E-state index in [1.807, 2.05) is 0 Å². The molecule has 102 valence electrons. The third kappa shape index (κ3) is 3.69. The van der Waals surface area contributed by atoms with Gasteiger partial charge in [0, 0.05) is 17.8 Å². The van der Waals surface area contributed by atoms with Crippen LogP contribution in [0.1, 0.15) is 25.8 Å². The van der Waals surface area contributed by atoms with E-state index in [0.717, 1.165) is 5.56 Å². The number of nitrogens with one attached hydrogen (secondary N) is 1. The number of benzene rings is 1. The highest BCUT2D eigenvalue weighted by Gasteiger charge is 2.25. The smallest absolute Gasteiger partial charge is 0.241 e. The van der Waals surface area contributed by atoms with E-state index in [1.54, 1.807) is 26.8 Å². The van der Waals surface area contributed by atoms with E-state index in [9.17, 15) is 8.42 Å². The van der Waals surface area contributed by atoms with Crippen molar-refractivity contribution in [1.29, 1.82) is 0 Å². The Morgan fingerprint density at radius 3 is 2.50 bits per heavy atom. The Bertz CT molecular complexity index is 524. The number of anilines is 1. The van der Waals surface area contributed by atoms with E-state index < -0.39 is 15.6 Å². The second-order valence-corrected chi connectivity index (χ2v) is 6.66. The minimum atomic E-state index is -3.60. The summed E-state index contributed by atoms with van der Waals surface area (Å²) in [5.41, 5.74) is 6.25. The number of nitrogen functional groups attached to an aromatic ring is 1. The molecule has 0 aliphatic carbocycles. The fourth-order valence-corrected chi connectivity index (χ4v) is 3.10. The van der Waals surface area contributed by atoms with Gasteiger partial charge in [-0.1, -0.05) is 0 Å². The molecule has 0 aliphatic heterocycles. The van der Waals surface area contributed by atoms with Gasteiger partial charge in [-0.25, -0.2) is 13.1 Å². The second-order valence-electron chi connectivity index (χ2n) is 4.98. The van der Waals surface area contributed by atoms with Gasteiger partial charge in [0.25, 0.3) is 0 Å². The van der Waals surface area contributed by atoms with Crippen LogP contribution in [-0.2, 0) is 10.0 Å². The number of sulfonamides is 1. The maximum absolute atomic E-state index is 12.2. The number of aliphatic hydroxyl groups is 1. The first-order chi connectivity index (χ1) is 8.18. The highest BCUT2D eigenvalue weighted by atomic mass is 32.2. The summed E-state index contributed by atoms with van der Waals surface area (Å²) in [5, 5.41) is 8.90. The zero-order valence-electron chi connectivity index (χ0n) is 10.9. The molecular formula is C12H20N2O3S. The predicted octanol–water partition coefficient (Wildman–Crippen LogP) is 1.02. The highest BCUT2D eigenvalue weighted by Crippen LogP contribution is 2.19. The summed E-state index contributed by atoms with van der Waals surface area (Å²) in [4.78, 5) is 0.181. The van der Waals surface area contributed by atoms with Crippen molar-refractivity contribution in [2.45, 2.75) is 37.6 Å². The van der Waals surface area contributed by atoms with Gasteiger partial charge in [-0.2, -0.15) is 0 Å². The molecule has 0 amide bonds. The van der Waals surface area contributed by atoms with Crippen LogP contribution >= 0.6 is 0 Å².